The predicted octanol–water partition coefficient (Wildman–Crippen LogP) is 0.216. The minimum atomic E-state index is -3.60. The van der Waals surface area contributed by atoms with Gasteiger partial charge in [-0.25, -0.2) is 18.1 Å². The summed E-state index contributed by atoms with van der Waals surface area (Å²) in [7, 11) is -3.60. The predicted molar refractivity (Wildman–Crippen MR) is 59.4 cm³/mol. The maximum absolute atomic E-state index is 11.8. The number of nitriles is 1. The van der Waals surface area contributed by atoms with Crippen LogP contribution < -0.4 is 4.72 Å². The van der Waals surface area contributed by atoms with Crippen molar-refractivity contribution in [2.24, 2.45) is 0 Å². The van der Waals surface area contributed by atoms with Crippen molar-refractivity contribution in [3.05, 3.63) is 29.2 Å². The van der Waals surface area contributed by atoms with E-state index in [1.165, 1.54) is 18.5 Å². The average Bonchev–Trinajstić information content (AvgIpc) is 2.98. The highest BCUT2D eigenvalue weighted by atomic mass is 32.2. The Morgan fingerprint density at radius 3 is 2.94 bits per heavy atom. The highest BCUT2D eigenvalue weighted by Crippen LogP contribution is 2.20. The molecule has 0 fully saturated rings. The van der Waals surface area contributed by atoms with Crippen LogP contribution in [-0.4, -0.2) is 23.6 Å². The normalized spacial score (nSPS) is 11.2. The molecule has 0 bridgehead atoms. The molecule has 7 nitrogen and oxygen atoms in total. The fourth-order valence-corrected chi connectivity index (χ4v) is 3.21. The summed E-state index contributed by atoms with van der Waals surface area (Å²) in [5.74, 6) is 0.422. The lowest BCUT2D eigenvalue weighted by Gasteiger charge is -2.01. The second-order valence-corrected chi connectivity index (χ2v) is 6.06. The Morgan fingerprint density at radius 1 is 1.53 bits per heavy atom. The van der Waals surface area contributed by atoms with E-state index in [1.807, 2.05) is 6.07 Å². The summed E-state index contributed by atoms with van der Waals surface area (Å²) in [4.78, 5) is 4.14. The molecule has 17 heavy (non-hydrogen) atoms. The maximum Gasteiger partial charge on any atom is 0.250 e. The van der Waals surface area contributed by atoms with Crippen molar-refractivity contribution >= 4 is 21.4 Å². The number of hydrogen-bond acceptors (Lipinski definition) is 6. The van der Waals surface area contributed by atoms with Crippen molar-refractivity contribution in [1.82, 2.24) is 19.9 Å². The minimum absolute atomic E-state index is 0.0299. The SMILES string of the molecule is N#Cc1ccc(S(=O)(=O)NCc2ncn[nH]2)s1. The van der Waals surface area contributed by atoms with Gasteiger partial charge in [-0.2, -0.15) is 10.4 Å². The molecule has 0 saturated heterocycles. The van der Waals surface area contributed by atoms with E-state index in [9.17, 15) is 8.42 Å². The zero-order chi connectivity index (χ0) is 12.3. The number of nitrogens with zero attached hydrogens (tertiary/aromatic N) is 3. The van der Waals surface area contributed by atoms with Crippen LogP contribution in [0.25, 0.3) is 0 Å². The molecule has 0 unspecified atom stereocenters. The summed E-state index contributed by atoms with van der Waals surface area (Å²) in [6, 6.07) is 4.75. The molecule has 0 aliphatic heterocycles. The van der Waals surface area contributed by atoms with Crippen molar-refractivity contribution in [1.29, 1.82) is 5.26 Å². The van der Waals surface area contributed by atoms with Crippen molar-refractivity contribution in [3.63, 3.8) is 0 Å². The summed E-state index contributed by atoms with van der Waals surface area (Å²) >= 11 is 0.919. The number of thiophene rings is 1. The third kappa shape index (κ3) is 2.68. The van der Waals surface area contributed by atoms with Gasteiger partial charge >= 0.3 is 0 Å². The highest BCUT2D eigenvalue weighted by Gasteiger charge is 2.16. The summed E-state index contributed by atoms with van der Waals surface area (Å²) < 4.78 is 26.0. The Bertz CT molecular complexity index is 638. The molecule has 2 aromatic rings. The molecule has 2 heterocycles. The lowest BCUT2D eigenvalue weighted by Crippen LogP contribution is -2.22. The number of aromatic nitrogens is 3. The lowest BCUT2D eigenvalue weighted by atomic mass is 10.5. The Balaban J connectivity index is 2.11. The van der Waals surface area contributed by atoms with Gasteiger partial charge in [0.15, 0.2) is 0 Å². The first-order chi connectivity index (χ1) is 8.12. The molecule has 2 N–H and O–H groups in total. The van der Waals surface area contributed by atoms with Gasteiger partial charge in [0.2, 0.25) is 0 Å². The summed E-state index contributed by atoms with van der Waals surface area (Å²) in [6.07, 6.45) is 1.29. The quantitative estimate of drug-likeness (QED) is 0.824. The van der Waals surface area contributed by atoms with Crippen LogP contribution in [0.4, 0.5) is 0 Å². The van der Waals surface area contributed by atoms with Crippen molar-refractivity contribution in [2.75, 3.05) is 0 Å². The molecule has 0 atom stereocenters. The van der Waals surface area contributed by atoms with Gasteiger partial charge in [-0.3, -0.25) is 5.10 Å². The number of aromatic amines is 1. The van der Waals surface area contributed by atoms with Gasteiger partial charge in [-0.15, -0.1) is 11.3 Å². The fourth-order valence-electron chi connectivity index (χ4n) is 1.08. The van der Waals surface area contributed by atoms with E-state index in [0.717, 1.165) is 11.3 Å². The zero-order valence-electron chi connectivity index (χ0n) is 8.41. The standard InChI is InChI=1S/C8H7N5O2S2/c9-3-6-1-2-8(16-6)17(14,15)12-4-7-10-5-11-13-7/h1-2,5,12H,4H2,(H,10,11,13). The Kier molecular flexibility index (Phi) is 3.19. The number of hydrogen-bond donors (Lipinski definition) is 2. The molecular formula is C8H7N5O2S2. The van der Waals surface area contributed by atoms with Gasteiger partial charge in [0.1, 0.15) is 27.3 Å². The van der Waals surface area contributed by atoms with Gasteiger partial charge in [-0.1, -0.05) is 0 Å². The second-order valence-electron chi connectivity index (χ2n) is 2.99. The molecule has 0 amide bonds. The van der Waals surface area contributed by atoms with Crippen molar-refractivity contribution in [2.45, 2.75) is 10.8 Å². The van der Waals surface area contributed by atoms with Crippen LogP contribution in [0.3, 0.4) is 0 Å². The van der Waals surface area contributed by atoms with Gasteiger partial charge in [-0.05, 0) is 12.1 Å². The Morgan fingerprint density at radius 2 is 2.35 bits per heavy atom. The van der Waals surface area contributed by atoms with E-state index >= 15 is 0 Å². The first kappa shape index (κ1) is 11.7. The molecular weight excluding hydrogens is 262 g/mol. The molecule has 0 aliphatic rings. The molecule has 88 valence electrons. The van der Waals surface area contributed by atoms with Crippen molar-refractivity contribution < 1.29 is 8.42 Å². The molecule has 2 aromatic heterocycles. The molecule has 0 aromatic carbocycles. The molecule has 9 heteroatoms. The summed E-state index contributed by atoms with van der Waals surface area (Å²) in [5.41, 5.74) is 0. The van der Waals surface area contributed by atoms with E-state index in [-0.39, 0.29) is 10.8 Å². The third-order valence-corrected chi connectivity index (χ3v) is 4.73. The van der Waals surface area contributed by atoms with E-state index in [0.29, 0.717) is 10.7 Å². The third-order valence-electron chi connectivity index (χ3n) is 1.85. The first-order valence-corrected chi connectivity index (χ1v) is 6.75. The van der Waals surface area contributed by atoms with Gasteiger partial charge < -0.3 is 0 Å². The van der Waals surface area contributed by atoms with Gasteiger partial charge in [0, 0.05) is 0 Å². The van der Waals surface area contributed by atoms with Crippen LogP contribution in [-0.2, 0) is 16.6 Å². The number of H-pyrrole nitrogens is 1. The molecule has 0 spiro atoms. The van der Waals surface area contributed by atoms with Crippen LogP contribution in [0.5, 0.6) is 0 Å². The first-order valence-electron chi connectivity index (χ1n) is 4.45. The number of nitrogens with one attached hydrogen (secondary N) is 2. The van der Waals surface area contributed by atoms with Crippen LogP contribution in [0.1, 0.15) is 10.7 Å². The van der Waals surface area contributed by atoms with Crippen LogP contribution in [0.15, 0.2) is 22.7 Å². The van der Waals surface area contributed by atoms with Crippen LogP contribution in [0, 0.1) is 11.3 Å². The van der Waals surface area contributed by atoms with Crippen LogP contribution >= 0.6 is 11.3 Å². The monoisotopic (exact) mass is 269 g/mol. The van der Waals surface area contributed by atoms with Crippen molar-refractivity contribution in [3.8, 4) is 6.07 Å². The molecule has 0 saturated carbocycles. The maximum atomic E-state index is 11.8. The minimum Gasteiger partial charge on any atom is -0.262 e. The zero-order valence-corrected chi connectivity index (χ0v) is 10.0. The van der Waals surface area contributed by atoms with E-state index < -0.39 is 10.0 Å². The van der Waals surface area contributed by atoms with Crippen LogP contribution in [0.2, 0.25) is 0 Å². The Hall–Kier alpha value is -1.76. The molecule has 0 radical (unpaired) electrons. The lowest BCUT2D eigenvalue weighted by molar-refractivity contribution is 0.581. The van der Waals surface area contributed by atoms with Gasteiger partial charge in [0.25, 0.3) is 10.0 Å². The van der Waals surface area contributed by atoms with Gasteiger partial charge in [0.05, 0.1) is 6.54 Å². The number of sulfonamides is 1. The smallest absolute Gasteiger partial charge is 0.250 e. The topological polar surface area (TPSA) is 112 Å². The largest absolute Gasteiger partial charge is 0.262 e. The second kappa shape index (κ2) is 4.62. The molecule has 2 rings (SSSR count). The average molecular weight is 269 g/mol. The fraction of sp³-hybridized carbons (Fsp3) is 0.125. The van der Waals surface area contributed by atoms with E-state index in [2.05, 4.69) is 19.9 Å². The van der Waals surface area contributed by atoms with E-state index in [1.54, 1.807) is 0 Å². The molecule has 0 aliphatic carbocycles. The highest BCUT2D eigenvalue weighted by molar-refractivity contribution is 7.91. The summed E-state index contributed by atoms with van der Waals surface area (Å²) in [5, 5.41) is 14.8. The summed E-state index contributed by atoms with van der Waals surface area (Å²) in [6.45, 7) is 0.0299. The Labute approximate surface area is 101 Å². The van der Waals surface area contributed by atoms with E-state index in [4.69, 9.17) is 5.26 Å². The number of rotatable bonds is 4.